The molecule has 0 spiro atoms. The molecule has 0 unspecified atom stereocenters. The molecule has 5 nitrogen and oxygen atoms in total. The summed E-state index contributed by atoms with van der Waals surface area (Å²) in [5, 5.41) is 13.8. The summed E-state index contributed by atoms with van der Waals surface area (Å²) >= 11 is 0. The first-order chi connectivity index (χ1) is 8.09. The fourth-order valence-corrected chi connectivity index (χ4v) is 2.33. The lowest BCUT2D eigenvalue weighted by Crippen LogP contribution is -2.49. The molecule has 1 saturated heterocycles. The van der Waals surface area contributed by atoms with Gasteiger partial charge in [-0.2, -0.15) is 0 Å². The third-order valence-corrected chi connectivity index (χ3v) is 3.15. The lowest BCUT2D eigenvalue weighted by atomic mass is 9.85. The Balaban J connectivity index is 2.34. The molecule has 0 aromatic heterocycles. The van der Waals surface area contributed by atoms with E-state index in [1.165, 1.54) is 0 Å². The van der Waals surface area contributed by atoms with Gasteiger partial charge in [0.2, 0.25) is 11.9 Å². The Morgan fingerprint density at radius 2 is 2.00 bits per heavy atom. The second-order valence-corrected chi connectivity index (χ2v) is 4.41. The zero-order valence-electron chi connectivity index (χ0n) is 9.50. The minimum atomic E-state index is -0.755. The highest BCUT2D eigenvalue weighted by molar-refractivity contribution is 5.77. The molecule has 0 saturated carbocycles. The first-order valence-corrected chi connectivity index (χ1v) is 5.57. The average Bonchev–Trinajstić information content (AvgIpc) is 2.28. The number of nitrogens with zero attached hydrogens (tertiary/aromatic N) is 1. The zero-order valence-corrected chi connectivity index (χ0v) is 9.50. The molecule has 0 bridgehead atoms. The fourth-order valence-electron chi connectivity index (χ4n) is 2.33. The Morgan fingerprint density at radius 3 is 2.59 bits per heavy atom. The SMILES string of the molecule is C[C@@H]1CC(=O)N[C@H](c2ccccc2)[C@H]1[N+](=O)[O-]. The molecule has 0 radical (unpaired) electrons. The maximum absolute atomic E-state index is 11.5. The summed E-state index contributed by atoms with van der Waals surface area (Å²) in [4.78, 5) is 22.3. The van der Waals surface area contributed by atoms with Gasteiger partial charge in [0.15, 0.2) is 0 Å². The van der Waals surface area contributed by atoms with E-state index in [2.05, 4.69) is 5.32 Å². The van der Waals surface area contributed by atoms with Crippen LogP contribution in [0.15, 0.2) is 30.3 Å². The number of rotatable bonds is 2. The maximum atomic E-state index is 11.5. The molecule has 1 aliphatic heterocycles. The van der Waals surface area contributed by atoms with E-state index in [1.807, 2.05) is 18.2 Å². The number of nitro groups is 1. The fraction of sp³-hybridized carbons (Fsp3) is 0.417. The Labute approximate surface area is 99.0 Å². The summed E-state index contributed by atoms with van der Waals surface area (Å²) < 4.78 is 0. The Bertz CT molecular complexity index is 433. The number of benzene rings is 1. The second kappa shape index (κ2) is 4.53. The summed E-state index contributed by atoms with van der Waals surface area (Å²) in [7, 11) is 0. The van der Waals surface area contributed by atoms with E-state index in [0.717, 1.165) is 5.56 Å². The summed E-state index contributed by atoms with van der Waals surface area (Å²) in [5.74, 6) is -0.367. The van der Waals surface area contributed by atoms with Crippen molar-refractivity contribution in [2.24, 2.45) is 5.92 Å². The molecule has 1 N–H and O–H groups in total. The van der Waals surface area contributed by atoms with Gasteiger partial charge in [-0.05, 0) is 5.56 Å². The van der Waals surface area contributed by atoms with E-state index in [1.54, 1.807) is 19.1 Å². The van der Waals surface area contributed by atoms with Gasteiger partial charge in [0.05, 0.1) is 0 Å². The van der Waals surface area contributed by atoms with Crippen LogP contribution in [0.2, 0.25) is 0 Å². The number of carbonyl (C=O) groups excluding carboxylic acids is 1. The van der Waals surface area contributed by atoms with Crippen LogP contribution in [0.3, 0.4) is 0 Å². The highest BCUT2D eigenvalue weighted by Gasteiger charge is 2.43. The van der Waals surface area contributed by atoms with Crippen molar-refractivity contribution >= 4 is 5.91 Å². The molecule has 90 valence electrons. The standard InChI is InChI=1S/C12H14N2O3/c1-8-7-10(15)13-11(12(8)14(16)17)9-5-3-2-4-6-9/h2-6,8,11-12H,7H2,1H3,(H,13,15)/t8-,11-,12+/m1/s1. The molecule has 3 atom stereocenters. The molecule has 1 heterocycles. The van der Waals surface area contributed by atoms with Gasteiger partial charge in [-0.1, -0.05) is 37.3 Å². The highest BCUT2D eigenvalue weighted by atomic mass is 16.6. The molecule has 1 aromatic carbocycles. The van der Waals surface area contributed by atoms with Crippen LogP contribution in [0.4, 0.5) is 0 Å². The normalized spacial score (nSPS) is 28.5. The van der Waals surface area contributed by atoms with Crippen molar-refractivity contribution in [2.45, 2.75) is 25.4 Å². The van der Waals surface area contributed by atoms with Crippen molar-refractivity contribution in [2.75, 3.05) is 0 Å². The highest BCUT2D eigenvalue weighted by Crippen LogP contribution is 2.29. The number of nitrogens with one attached hydrogen (secondary N) is 1. The molecule has 1 aliphatic rings. The van der Waals surface area contributed by atoms with Gasteiger partial charge in [-0.25, -0.2) is 0 Å². The van der Waals surface area contributed by atoms with Crippen LogP contribution in [0.5, 0.6) is 0 Å². The van der Waals surface area contributed by atoms with Crippen LogP contribution in [0, 0.1) is 16.0 Å². The lowest BCUT2D eigenvalue weighted by molar-refractivity contribution is -0.538. The van der Waals surface area contributed by atoms with Crippen molar-refractivity contribution in [3.05, 3.63) is 46.0 Å². The molecule has 17 heavy (non-hydrogen) atoms. The van der Waals surface area contributed by atoms with Gasteiger partial charge in [-0.3, -0.25) is 14.9 Å². The van der Waals surface area contributed by atoms with Gasteiger partial charge in [0.25, 0.3) is 0 Å². The first-order valence-electron chi connectivity index (χ1n) is 5.57. The summed E-state index contributed by atoms with van der Waals surface area (Å²) in [5.41, 5.74) is 0.786. The molecular weight excluding hydrogens is 220 g/mol. The molecule has 1 fully saturated rings. The van der Waals surface area contributed by atoms with Gasteiger partial charge < -0.3 is 5.32 Å². The lowest BCUT2D eigenvalue weighted by Gasteiger charge is -2.31. The van der Waals surface area contributed by atoms with E-state index in [9.17, 15) is 14.9 Å². The van der Waals surface area contributed by atoms with Gasteiger partial charge >= 0.3 is 0 Å². The third kappa shape index (κ3) is 2.27. The minimum Gasteiger partial charge on any atom is -0.343 e. The predicted octanol–water partition coefficient (Wildman–Crippen LogP) is 1.53. The summed E-state index contributed by atoms with van der Waals surface area (Å²) in [6.45, 7) is 1.75. The minimum absolute atomic E-state index is 0.121. The molecular formula is C12H14N2O3. The summed E-state index contributed by atoms with van der Waals surface area (Å²) in [6, 6.07) is 7.81. The quantitative estimate of drug-likeness (QED) is 0.623. The second-order valence-electron chi connectivity index (χ2n) is 4.41. The third-order valence-electron chi connectivity index (χ3n) is 3.15. The number of hydrogen-bond donors (Lipinski definition) is 1. The van der Waals surface area contributed by atoms with E-state index in [-0.39, 0.29) is 23.2 Å². The smallest absolute Gasteiger partial charge is 0.240 e. The zero-order chi connectivity index (χ0) is 12.4. The maximum Gasteiger partial charge on any atom is 0.240 e. The van der Waals surface area contributed by atoms with Crippen LogP contribution in [0.1, 0.15) is 24.9 Å². The monoisotopic (exact) mass is 234 g/mol. The van der Waals surface area contributed by atoms with E-state index >= 15 is 0 Å². The van der Waals surface area contributed by atoms with Crippen LogP contribution in [-0.2, 0) is 4.79 Å². The molecule has 1 aromatic rings. The average molecular weight is 234 g/mol. The molecule has 2 rings (SSSR count). The number of piperidine rings is 1. The van der Waals surface area contributed by atoms with Crippen molar-refractivity contribution in [1.82, 2.24) is 5.32 Å². The van der Waals surface area contributed by atoms with Gasteiger partial charge in [-0.15, -0.1) is 0 Å². The Morgan fingerprint density at radius 1 is 1.35 bits per heavy atom. The Kier molecular flexibility index (Phi) is 3.08. The predicted molar refractivity (Wildman–Crippen MR) is 61.9 cm³/mol. The number of hydrogen-bond acceptors (Lipinski definition) is 3. The molecule has 0 aliphatic carbocycles. The number of amides is 1. The summed E-state index contributed by atoms with van der Waals surface area (Å²) in [6.07, 6.45) is 0.217. The van der Waals surface area contributed by atoms with Gasteiger partial charge in [0.1, 0.15) is 6.04 Å². The molecule has 1 amide bonds. The van der Waals surface area contributed by atoms with Crippen molar-refractivity contribution in [3.8, 4) is 0 Å². The number of carbonyl (C=O) groups is 1. The topological polar surface area (TPSA) is 72.2 Å². The first kappa shape index (κ1) is 11.6. The van der Waals surface area contributed by atoms with Crippen LogP contribution in [-0.4, -0.2) is 16.9 Å². The van der Waals surface area contributed by atoms with E-state index in [0.29, 0.717) is 0 Å². The van der Waals surface area contributed by atoms with Crippen LogP contribution < -0.4 is 5.32 Å². The van der Waals surface area contributed by atoms with Crippen LogP contribution >= 0.6 is 0 Å². The van der Waals surface area contributed by atoms with Crippen LogP contribution in [0.25, 0.3) is 0 Å². The largest absolute Gasteiger partial charge is 0.343 e. The van der Waals surface area contributed by atoms with Crippen molar-refractivity contribution < 1.29 is 9.72 Å². The molecule has 5 heteroatoms. The van der Waals surface area contributed by atoms with Crippen molar-refractivity contribution in [1.29, 1.82) is 0 Å². The Hall–Kier alpha value is -1.91. The van der Waals surface area contributed by atoms with E-state index < -0.39 is 12.1 Å². The van der Waals surface area contributed by atoms with E-state index in [4.69, 9.17) is 0 Å². The van der Waals surface area contributed by atoms with Crippen molar-refractivity contribution in [3.63, 3.8) is 0 Å². The van der Waals surface area contributed by atoms with Gasteiger partial charge in [0, 0.05) is 17.3 Å².